The zero-order chi connectivity index (χ0) is 17.6. The molecule has 134 valence electrons. The maximum Gasteiger partial charge on any atom is 0.243 e. The van der Waals surface area contributed by atoms with Gasteiger partial charge < -0.3 is 4.90 Å². The summed E-state index contributed by atoms with van der Waals surface area (Å²) in [6.45, 7) is 4.05. The number of benzene rings is 1. The Kier molecular flexibility index (Phi) is 4.17. The maximum atomic E-state index is 13.4. The topological polar surface area (TPSA) is 58.4 Å². The molecule has 1 aromatic carbocycles. The number of likely N-dealkylation sites (N-methyl/N-ethyl adjacent to an activating group) is 1. The van der Waals surface area contributed by atoms with Crippen molar-refractivity contribution in [1.82, 2.24) is 19.0 Å². The Morgan fingerprint density at radius 2 is 2.00 bits per heavy atom. The van der Waals surface area contributed by atoms with E-state index in [0.717, 1.165) is 30.6 Å². The third-order valence-corrected chi connectivity index (χ3v) is 7.49. The highest BCUT2D eigenvalue weighted by Gasteiger charge is 2.38. The molecular formula is C18H24N4O2S. The molecule has 0 saturated carbocycles. The molecule has 25 heavy (non-hydrogen) atoms. The molecule has 6 nitrogen and oxygen atoms in total. The Labute approximate surface area is 149 Å². The van der Waals surface area contributed by atoms with E-state index >= 15 is 0 Å². The lowest BCUT2D eigenvalue weighted by Gasteiger charge is -2.32. The van der Waals surface area contributed by atoms with E-state index in [1.54, 1.807) is 21.3 Å². The summed E-state index contributed by atoms with van der Waals surface area (Å²) in [6, 6.07) is 7.66. The van der Waals surface area contributed by atoms with Crippen LogP contribution in [0.1, 0.15) is 18.4 Å². The van der Waals surface area contributed by atoms with Gasteiger partial charge in [-0.1, -0.05) is 6.07 Å². The highest BCUT2D eigenvalue weighted by Crippen LogP contribution is 2.31. The van der Waals surface area contributed by atoms with Crippen LogP contribution in [0.5, 0.6) is 0 Å². The van der Waals surface area contributed by atoms with Gasteiger partial charge in [-0.3, -0.25) is 0 Å². The molecule has 3 aliphatic rings. The second kappa shape index (κ2) is 6.23. The summed E-state index contributed by atoms with van der Waals surface area (Å²) in [5.74, 6) is 0.424. The van der Waals surface area contributed by atoms with Gasteiger partial charge in [0.05, 0.1) is 10.6 Å². The molecule has 2 aromatic rings. The summed E-state index contributed by atoms with van der Waals surface area (Å²) >= 11 is 0. The van der Waals surface area contributed by atoms with Crippen molar-refractivity contribution in [3.63, 3.8) is 0 Å². The molecule has 5 rings (SSSR count). The standard InChI is InChI=1S/C18H24N4O2S/c1-14-4-6-16(22-9-3-8-19-22)10-18(14)25(23,24)21-12-15-5-7-17(13-21)20(2)11-15/h3-4,6,8-10,15,17H,5,7,11-13H2,1-2H3/t15-,17-/m1/s1. The molecule has 0 aliphatic carbocycles. The first-order valence-corrected chi connectivity index (χ1v) is 10.2. The normalized spacial score (nSPS) is 25.2. The van der Waals surface area contributed by atoms with Crippen LogP contribution in [0.25, 0.3) is 5.69 Å². The number of rotatable bonds is 3. The number of sulfonamides is 1. The van der Waals surface area contributed by atoms with E-state index in [1.165, 1.54) is 0 Å². The lowest BCUT2D eigenvalue weighted by molar-refractivity contribution is 0.168. The quantitative estimate of drug-likeness (QED) is 0.839. The van der Waals surface area contributed by atoms with Gasteiger partial charge in [0.1, 0.15) is 0 Å². The molecule has 2 atom stereocenters. The fraction of sp³-hybridized carbons (Fsp3) is 0.500. The second-order valence-corrected chi connectivity index (χ2v) is 9.17. The van der Waals surface area contributed by atoms with Crippen molar-refractivity contribution in [3.05, 3.63) is 42.2 Å². The van der Waals surface area contributed by atoms with Crippen LogP contribution < -0.4 is 0 Å². The molecule has 0 amide bonds. The van der Waals surface area contributed by atoms with Crippen LogP contribution >= 0.6 is 0 Å². The van der Waals surface area contributed by atoms with Crippen molar-refractivity contribution < 1.29 is 8.42 Å². The Morgan fingerprint density at radius 1 is 1.16 bits per heavy atom. The zero-order valence-electron chi connectivity index (χ0n) is 14.7. The molecule has 3 aliphatic heterocycles. The van der Waals surface area contributed by atoms with Crippen molar-refractivity contribution in [2.75, 3.05) is 26.7 Å². The first-order chi connectivity index (χ1) is 11.9. The van der Waals surface area contributed by atoms with E-state index in [4.69, 9.17) is 0 Å². The van der Waals surface area contributed by atoms with Crippen molar-refractivity contribution in [3.8, 4) is 5.69 Å². The van der Waals surface area contributed by atoms with Crippen LogP contribution in [0.4, 0.5) is 0 Å². The molecule has 0 radical (unpaired) electrons. The molecule has 4 heterocycles. The number of fused-ring (bicyclic) bond motifs is 4. The van der Waals surface area contributed by atoms with Crippen molar-refractivity contribution in [2.45, 2.75) is 30.7 Å². The lowest BCUT2D eigenvalue weighted by atomic mass is 9.96. The van der Waals surface area contributed by atoms with E-state index in [2.05, 4.69) is 17.0 Å². The Morgan fingerprint density at radius 3 is 2.72 bits per heavy atom. The summed E-state index contributed by atoms with van der Waals surface area (Å²) in [7, 11) is -1.41. The number of hydrogen-bond acceptors (Lipinski definition) is 4. The maximum absolute atomic E-state index is 13.4. The highest BCUT2D eigenvalue weighted by atomic mass is 32.2. The third kappa shape index (κ3) is 3.01. The number of aromatic nitrogens is 2. The van der Waals surface area contributed by atoms with Crippen LogP contribution in [0.2, 0.25) is 0 Å². The Balaban J connectivity index is 1.72. The molecule has 0 N–H and O–H groups in total. The van der Waals surface area contributed by atoms with Crippen molar-refractivity contribution >= 4 is 10.0 Å². The van der Waals surface area contributed by atoms with Gasteiger partial charge in [0.25, 0.3) is 0 Å². The van der Waals surface area contributed by atoms with Gasteiger partial charge >= 0.3 is 0 Å². The average Bonchev–Trinajstić information content (AvgIpc) is 2.96. The van der Waals surface area contributed by atoms with Gasteiger partial charge in [-0.15, -0.1) is 0 Å². The number of hydrogen-bond donors (Lipinski definition) is 0. The third-order valence-electron chi connectivity index (χ3n) is 5.51. The molecule has 3 fully saturated rings. The lowest BCUT2D eigenvalue weighted by Crippen LogP contribution is -2.42. The molecular weight excluding hydrogens is 336 g/mol. The van der Waals surface area contributed by atoms with Gasteiger partial charge in [-0.05, 0) is 56.5 Å². The smallest absolute Gasteiger partial charge is 0.243 e. The van der Waals surface area contributed by atoms with E-state index < -0.39 is 10.0 Å². The van der Waals surface area contributed by atoms with Gasteiger partial charge in [-0.25, -0.2) is 13.1 Å². The highest BCUT2D eigenvalue weighted by molar-refractivity contribution is 7.89. The summed E-state index contributed by atoms with van der Waals surface area (Å²) < 4.78 is 30.2. The van der Waals surface area contributed by atoms with Crippen LogP contribution in [0.3, 0.4) is 0 Å². The Hall–Kier alpha value is -1.70. The molecule has 7 heteroatoms. The number of piperidine rings is 1. The van der Waals surface area contributed by atoms with Crippen LogP contribution in [0, 0.1) is 12.8 Å². The van der Waals surface area contributed by atoms with Crippen LogP contribution in [-0.2, 0) is 10.0 Å². The number of aryl methyl sites for hydroxylation is 1. The monoisotopic (exact) mass is 360 g/mol. The molecule has 1 aromatic heterocycles. The molecule has 2 bridgehead atoms. The largest absolute Gasteiger partial charge is 0.302 e. The molecule has 3 saturated heterocycles. The summed E-state index contributed by atoms with van der Waals surface area (Å²) in [5.41, 5.74) is 1.55. The van der Waals surface area contributed by atoms with E-state index in [-0.39, 0.29) is 0 Å². The molecule has 0 spiro atoms. The fourth-order valence-electron chi connectivity index (χ4n) is 4.04. The predicted octanol–water partition coefficient (Wildman–Crippen LogP) is 1.90. The van der Waals surface area contributed by atoms with E-state index in [0.29, 0.717) is 29.9 Å². The van der Waals surface area contributed by atoms with Gasteiger partial charge in [0.2, 0.25) is 10.0 Å². The summed E-state index contributed by atoms with van der Waals surface area (Å²) in [4.78, 5) is 2.71. The van der Waals surface area contributed by atoms with Crippen molar-refractivity contribution in [2.24, 2.45) is 5.92 Å². The minimum absolute atomic E-state index is 0.322. The van der Waals surface area contributed by atoms with Crippen molar-refractivity contribution in [1.29, 1.82) is 0 Å². The first-order valence-electron chi connectivity index (χ1n) is 8.76. The van der Waals surface area contributed by atoms with E-state index in [1.807, 2.05) is 31.3 Å². The zero-order valence-corrected chi connectivity index (χ0v) is 15.5. The minimum atomic E-state index is -3.51. The minimum Gasteiger partial charge on any atom is -0.302 e. The summed E-state index contributed by atoms with van der Waals surface area (Å²) in [5, 5.41) is 4.21. The van der Waals surface area contributed by atoms with Gasteiger partial charge in [-0.2, -0.15) is 9.40 Å². The van der Waals surface area contributed by atoms with Gasteiger partial charge in [0, 0.05) is 38.1 Å². The SMILES string of the molecule is Cc1ccc(-n2cccn2)cc1S(=O)(=O)N1C[C@@H]2CC[C@H](C1)N(C)C2. The number of nitrogens with zero attached hydrogens (tertiary/aromatic N) is 4. The second-order valence-electron chi connectivity index (χ2n) is 7.26. The predicted molar refractivity (Wildman–Crippen MR) is 96.2 cm³/mol. The summed E-state index contributed by atoms with van der Waals surface area (Å²) in [6.07, 6.45) is 5.71. The van der Waals surface area contributed by atoms with Crippen LogP contribution in [0.15, 0.2) is 41.6 Å². The van der Waals surface area contributed by atoms with Gasteiger partial charge in [0.15, 0.2) is 0 Å². The molecule has 0 unspecified atom stereocenters. The fourth-order valence-corrected chi connectivity index (χ4v) is 5.84. The average molecular weight is 360 g/mol. The Bertz CT molecular complexity index is 863. The van der Waals surface area contributed by atoms with E-state index in [9.17, 15) is 8.42 Å². The first kappa shape index (κ1) is 16.8. The van der Waals surface area contributed by atoms with Crippen LogP contribution in [-0.4, -0.2) is 60.1 Å².